The maximum Gasteiger partial charge on any atom is 0.335 e. The highest BCUT2D eigenvalue weighted by atomic mass is 19.1. The van der Waals surface area contributed by atoms with Crippen molar-refractivity contribution in [1.29, 1.82) is 0 Å². The van der Waals surface area contributed by atoms with Crippen LogP contribution in [0.4, 0.5) is 4.39 Å². The van der Waals surface area contributed by atoms with Gasteiger partial charge in [-0.15, -0.1) is 0 Å². The molecule has 0 atom stereocenters. The van der Waals surface area contributed by atoms with Gasteiger partial charge in [0.2, 0.25) is 0 Å². The van der Waals surface area contributed by atoms with Crippen LogP contribution in [0, 0.1) is 19.7 Å². The molecule has 2 aromatic rings. The van der Waals surface area contributed by atoms with Crippen LogP contribution in [0.3, 0.4) is 0 Å². The van der Waals surface area contributed by atoms with E-state index in [9.17, 15) is 9.18 Å². The van der Waals surface area contributed by atoms with Crippen LogP contribution >= 0.6 is 0 Å². The molecule has 0 aliphatic rings. The van der Waals surface area contributed by atoms with Gasteiger partial charge >= 0.3 is 5.97 Å². The van der Waals surface area contributed by atoms with Gasteiger partial charge in [-0.05, 0) is 43.2 Å². The molecule has 0 saturated carbocycles. The molecule has 0 spiro atoms. The van der Waals surface area contributed by atoms with Crippen LogP contribution in [0.15, 0.2) is 36.4 Å². The lowest BCUT2D eigenvalue weighted by Gasteiger charge is -2.11. The van der Waals surface area contributed by atoms with Gasteiger partial charge in [-0.2, -0.15) is 0 Å². The smallest absolute Gasteiger partial charge is 0.335 e. The zero-order valence-electron chi connectivity index (χ0n) is 11.3. The Labute approximate surface area is 116 Å². The van der Waals surface area contributed by atoms with Gasteiger partial charge in [0.1, 0.15) is 18.2 Å². The molecule has 0 unspecified atom stereocenters. The molecule has 0 aliphatic heterocycles. The number of rotatable bonds is 4. The summed E-state index contributed by atoms with van der Waals surface area (Å²) in [5, 5.41) is 8.78. The summed E-state index contributed by atoms with van der Waals surface area (Å²) in [4.78, 5) is 10.7. The quantitative estimate of drug-likeness (QED) is 0.924. The molecule has 2 aromatic carbocycles. The van der Waals surface area contributed by atoms with Gasteiger partial charge in [0.15, 0.2) is 0 Å². The first-order valence-electron chi connectivity index (χ1n) is 6.20. The van der Waals surface area contributed by atoms with E-state index in [1.54, 1.807) is 0 Å². The minimum atomic E-state index is -1.15. The zero-order chi connectivity index (χ0) is 14.7. The monoisotopic (exact) mass is 274 g/mol. The SMILES string of the molecule is Cc1cccc(OCc2ccc(C(=O)O)cc2F)c1C. The molecule has 0 heterocycles. The summed E-state index contributed by atoms with van der Waals surface area (Å²) in [6.45, 7) is 3.98. The van der Waals surface area contributed by atoms with Crippen molar-refractivity contribution in [2.24, 2.45) is 0 Å². The van der Waals surface area contributed by atoms with E-state index in [2.05, 4.69) is 0 Å². The number of carboxylic acids is 1. The van der Waals surface area contributed by atoms with Crippen molar-refractivity contribution < 1.29 is 19.0 Å². The molecule has 0 radical (unpaired) electrons. The van der Waals surface area contributed by atoms with Crippen LogP contribution in [0.5, 0.6) is 5.75 Å². The minimum absolute atomic E-state index is 0.0655. The van der Waals surface area contributed by atoms with Crippen LogP contribution in [-0.2, 0) is 6.61 Å². The van der Waals surface area contributed by atoms with Crippen molar-refractivity contribution in [1.82, 2.24) is 0 Å². The van der Waals surface area contributed by atoms with Crippen LogP contribution in [0.1, 0.15) is 27.0 Å². The number of halogens is 1. The molecule has 20 heavy (non-hydrogen) atoms. The van der Waals surface area contributed by atoms with E-state index >= 15 is 0 Å². The van der Waals surface area contributed by atoms with Crippen LogP contribution < -0.4 is 4.74 Å². The minimum Gasteiger partial charge on any atom is -0.489 e. The molecule has 2 rings (SSSR count). The number of ether oxygens (including phenoxy) is 1. The van der Waals surface area contributed by atoms with Gasteiger partial charge in [0.05, 0.1) is 5.56 Å². The van der Waals surface area contributed by atoms with Crippen molar-refractivity contribution >= 4 is 5.97 Å². The molecule has 104 valence electrons. The Hall–Kier alpha value is -2.36. The van der Waals surface area contributed by atoms with E-state index in [1.165, 1.54) is 12.1 Å². The Morgan fingerprint density at radius 2 is 2.00 bits per heavy atom. The fraction of sp³-hybridized carbons (Fsp3) is 0.188. The standard InChI is InChI=1S/C16H15FO3/c1-10-4-3-5-15(11(10)2)20-9-13-7-6-12(16(18)19)8-14(13)17/h3-8H,9H2,1-2H3,(H,18,19). The van der Waals surface area contributed by atoms with Crippen molar-refractivity contribution in [3.05, 3.63) is 64.5 Å². The van der Waals surface area contributed by atoms with Gasteiger partial charge in [0, 0.05) is 5.56 Å². The number of aromatic carboxylic acids is 1. The number of benzene rings is 2. The highest BCUT2D eigenvalue weighted by Crippen LogP contribution is 2.22. The van der Waals surface area contributed by atoms with E-state index in [0.717, 1.165) is 17.2 Å². The number of carboxylic acid groups (broad SMARTS) is 1. The second-order valence-electron chi connectivity index (χ2n) is 4.60. The summed E-state index contributed by atoms with van der Waals surface area (Å²) in [5.74, 6) is -1.02. The summed E-state index contributed by atoms with van der Waals surface area (Å²) < 4.78 is 19.3. The highest BCUT2D eigenvalue weighted by molar-refractivity contribution is 5.87. The molecule has 0 aliphatic carbocycles. The largest absolute Gasteiger partial charge is 0.489 e. The third-order valence-corrected chi connectivity index (χ3v) is 3.24. The lowest BCUT2D eigenvalue weighted by atomic mass is 10.1. The number of hydrogen-bond donors (Lipinski definition) is 1. The first-order valence-corrected chi connectivity index (χ1v) is 6.20. The van der Waals surface area contributed by atoms with Gasteiger partial charge < -0.3 is 9.84 Å². The van der Waals surface area contributed by atoms with Gasteiger partial charge in [0.25, 0.3) is 0 Å². The number of carbonyl (C=O) groups is 1. The molecular weight excluding hydrogens is 259 g/mol. The highest BCUT2D eigenvalue weighted by Gasteiger charge is 2.09. The van der Waals surface area contributed by atoms with E-state index in [-0.39, 0.29) is 12.2 Å². The van der Waals surface area contributed by atoms with Gasteiger partial charge in [-0.3, -0.25) is 0 Å². The molecule has 0 amide bonds. The average Bonchev–Trinajstić information content (AvgIpc) is 2.41. The van der Waals surface area contributed by atoms with Crippen molar-refractivity contribution in [3.8, 4) is 5.75 Å². The zero-order valence-corrected chi connectivity index (χ0v) is 11.3. The molecule has 0 saturated heterocycles. The Balaban J connectivity index is 2.15. The maximum absolute atomic E-state index is 13.7. The topological polar surface area (TPSA) is 46.5 Å². The van der Waals surface area contributed by atoms with E-state index in [4.69, 9.17) is 9.84 Å². The second kappa shape index (κ2) is 5.74. The third kappa shape index (κ3) is 2.96. The van der Waals surface area contributed by atoms with E-state index < -0.39 is 11.8 Å². The van der Waals surface area contributed by atoms with E-state index in [1.807, 2.05) is 32.0 Å². The fourth-order valence-electron chi connectivity index (χ4n) is 1.83. The van der Waals surface area contributed by atoms with Crippen LogP contribution in [0.25, 0.3) is 0 Å². The predicted octanol–water partition coefficient (Wildman–Crippen LogP) is 3.72. The Morgan fingerprint density at radius 1 is 1.25 bits per heavy atom. The Bertz CT molecular complexity index is 650. The molecule has 0 fully saturated rings. The normalized spacial score (nSPS) is 10.3. The number of hydrogen-bond acceptors (Lipinski definition) is 2. The second-order valence-corrected chi connectivity index (χ2v) is 4.60. The maximum atomic E-state index is 13.7. The van der Waals surface area contributed by atoms with Crippen molar-refractivity contribution in [2.75, 3.05) is 0 Å². The molecule has 3 nitrogen and oxygen atoms in total. The van der Waals surface area contributed by atoms with Crippen molar-refractivity contribution in [3.63, 3.8) is 0 Å². The molecular formula is C16H15FO3. The molecule has 0 bridgehead atoms. The molecule has 1 N–H and O–H groups in total. The molecule has 0 aromatic heterocycles. The first kappa shape index (κ1) is 14.1. The van der Waals surface area contributed by atoms with Gasteiger partial charge in [-0.25, -0.2) is 9.18 Å². The Morgan fingerprint density at radius 3 is 2.65 bits per heavy atom. The number of aryl methyl sites for hydroxylation is 1. The Kier molecular flexibility index (Phi) is 4.03. The lowest BCUT2D eigenvalue weighted by Crippen LogP contribution is -2.03. The first-order chi connectivity index (χ1) is 9.49. The summed E-state index contributed by atoms with van der Waals surface area (Å²) in [5.41, 5.74) is 2.37. The van der Waals surface area contributed by atoms with Crippen molar-refractivity contribution in [2.45, 2.75) is 20.5 Å². The summed E-state index contributed by atoms with van der Waals surface area (Å²) in [7, 11) is 0. The average molecular weight is 274 g/mol. The lowest BCUT2D eigenvalue weighted by molar-refractivity contribution is 0.0696. The predicted molar refractivity (Wildman–Crippen MR) is 73.6 cm³/mol. The summed E-state index contributed by atoms with van der Waals surface area (Å²) in [6, 6.07) is 9.49. The molecule has 4 heteroatoms. The van der Waals surface area contributed by atoms with Gasteiger partial charge in [-0.1, -0.05) is 18.2 Å². The fourth-order valence-corrected chi connectivity index (χ4v) is 1.83. The van der Waals surface area contributed by atoms with Crippen LogP contribution in [-0.4, -0.2) is 11.1 Å². The van der Waals surface area contributed by atoms with E-state index in [0.29, 0.717) is 11.3 Å². The summed E-state index contributed by atoms with van der Waals surface area (Å²) >= 11 is 0. The van der Waals surface area contributed by atoms with Crippen LogP contribution in [0.2, 0.25) is 0 Å². The summed E-state index contributed by atoms with van der Waals surface area (Å²) in [6.07, 6.45) is 0. The third-order valence-electron chi connectivity index (χ3n) is 3.24.